The lowest BCUT2D eigenvalue weighted by molar-refractivity contribution is -0.130. The smallest absolute Gasteiger partial charge is 0.252 e. The van der Waals surface area contributed by atoms with Gasteiger partial charge in [0, 0.05) is 45.5 Å². The Kier molecular flexibility index (Phi) is 6.82. The molecular weight excluding hydrogens is 392 g/mol. The lowest BCUT2D eigenvalue weighted by Gasteiger charge is -2.35. The zero-order valence-corrected chi connectivity index (χ0v) is 18.0. The van der Waals surface area contributed by atoms with E-state index in [1.54, 1.807) is 6.20 Å². The summed E-state index contributed by atoms with van der Waals surface area (Å²) >= 11 is 0. The average Bonchev–Trinajstić information content (AvgIpc) is 3.33. The van der Waals surface area contributed by atoms with E-state index < -0.39 is 0 Å². The molecule has 3 heterocycles. The Hall–Kier alpha value is -2.93. The molecule has 1 N–H and O–H groups in total. The van der Waals surface area contributed by atoms with Gasteiger partial charge in [0.05, 0.1) is 18.1 Å². The van der Waals surface area contributed by atoms with Crippen LogP contribution in [0.4, 0.5) is 5.82 Å². The maximum absolute atomic E-state index is 12.7. The molecule has 7 heteroatoms. The van der Waals surface area contributed by atoms with E-state index in [1.165, 1.54) is 0 Å². The Morgan fingerprint density at radius 3 is 2.61 bits per heavy atom. The number of aryl methyl sites for hydroxylation is 1. The van der Waals surface area contributed by atoms with E-state index in [9.17, 15) is 9.59 Å². The first-order valence-electron chi connectivity index (χ1n) is 11.0. The quantitative estimate of drug-likeness (QED) is 0.773. The van der Waals surface area contributed by atoms with Gasteiger partial charge in [0.1, 0.15) is 5.82 Å². The van der Waals surface area contributed by atoms with Gasteiger partial charge < -0.3 is 19.9 Å². The Labute approximate surface area is 183 Å². The number of amides is 2. The number of anilines is 1. The van der Waals surface area contributed by atoms with Gasteiger partial charge in [-0.05, 0) is 43.0 Å². The van der Waals surface area contributed by atoms with Crippen LogP contribution in [0.15, 0.2) is 42.6 Å². The van der Waals surface area contributed by atoms with Crippen molar-refractivity contribution in [3.05, 3.63) is 59.3 Å². The monoisotopic (exact) mass is 422 g/mol. The van der Waals surface area contributed by atoms with Crippen molar-refractivity contribution >= 4 is 17.6 Å². The summed E-state index contributed by atoms with van der Waals surface area (Å²) in [6.07, 6.45) is 4.25. The molecule has 0 saturated carbocycles. The van der Waals surface area contributed by atoms with Gasteiger partial charge in [-0.2, -0.15) is 0 Å². The molecule has 2 fully saturated rings. The number of rotatable bonds is 6. The van der Waals surface area contributed by atoms with Crippen molar-refractivity contribution in [2.75, 3.05) is 44.2 Å². The zero-order chi connectivity index (χ0) is 21.6. The van der Waals surface area contributed by atoms with Gasteiger partial charge >= 0.3 is 0 Å². The molecule has 1 aromatic carbocycles. The summed E-state index contributed by atoms with van der Waals surface area (Å²) in [6.45, 7) is 6.18. The molecule has 0 bridgehead atoms. The van der Waals surface area contributed by atoms with Crippen LogP contribution in [0.2, 0.25) is 0 Å². The normalized spacial score (nSPS) is 18.8. The molecule has 4 rings (SSSR count). The number of aromatic nitrogens is 1. The zero-order valence-electron chi connectivity index (χ0n) is 18.0. The van der Waals surface area contributed by atoms with Crippen LogP contribution < -0.4 is 10.2 Å². The number of hydrogen-bond donors (Lipinski definition) is 1. The van der Waals surface area contributed by atoms with Crippen molar-refractivity contribution in [2.24, 2.45) is 0 Å². The van der Waals surface area contributed by atoms with Gasteiger partial charge in [-0.15, -0.1) is 0 Å². The molecule has 0 spiro atoms. The minimum atomic E-state index is -0.124. The lowest BCUT2D eigenvalue weighted by atomic mass is 10.1. The van der Waals surface area contributed by atoms with E-state index in [0.717, 1.165) is 49.5 Å². The summed E-state index contributed by atoms with van der Waals surface area (Å²) in [5, 5.41) is 2.92. The number of carbonyl (C=O) groups excluding carboxylic acids is 2. The summed E-state index contributed by atoms with van der Waals surface area (Å²) in [6, 6.07) is 11.7. The second-order valence-electron chi connectivity index (χ2n) is 8.22. The summed E-state index contributed by atoms with van der Waals surface area (Å²) in [5.41, 5.74) is 2.79. The van der Waals surface area contributed by atoms with Crippen molar-refractivity contribution in [1.29, 1.82) is 0 Å². The van der Waals surface area contributed by atoms with Gasteiger partial charge in [-0.3, -0.25) is 9.59 Å². The highest BCUT2D eigenvalue weighted by Crippen LogP contribution is 2.16. The SMILES string of the molecule is Cc1ccccc1CC(=O)N1CCN(c2ccc(C(=O)NCC3CCCO3)cn2)CC1. The molecule has 31 heavy (non-hydrogen) atoms. The fourth-order valence-electron chi connectivity index (χ4n) is 4.09. The molecule has 2 amide bonds. The largest absolute Gasteiger partial charge is 0.376 e. The fraction of sp³-hybridized carbons (Fsp3) is 0.458. The first-order chi connectivity index (χ1) is 15.1. The van der Waals surface area contributed by atoms with Crippen LogP contribution in [-0.4, -0.2) is 67.1 Å². The van der Waals surface area contributed by atoms with Crippen molar-refractivity contribution in [3.8, 4) is 0 Å². The van der Waals surface area contributed by atoms with Gasteiger partial charge in [-0.25, -0.2) is 4.98 Å². The number of piperazine rings is 1. The Morgan fingerprint density at radius 2 is 1.94 bits per heavy atom. The fourth-order valence-corrected chi connectivity index (χ4v) is 4.09. The predicted molar refractivity (Wildman–Crippen MR) is 119 cm³/mol. The van der Waals surface area contributed by atoms with Crippen molar-refractivity contribution < 1.29 is 14.3 Å². The number of benzene rings is 1. The molecule has 2 aliphatic heterocycles. The second kappa shape index (κ2) is 9.92. The van der Waals surface area contributed by atoms with Crippen LogP contribution >= 0.6 is 0 Å². The molecule has 0 aliphatic carbocycles. The summed E-state index contributed by atoms with van der Waals surface area (Å²) in [5.74, 6) is 0.878. The summed E-state index contributed by atoms with van der Waals surface area (Å²) in [7, 11) is 0. The molecule has 1 aromatic heterocycles. The van der Waals surface area contributed by atoms with Crippen molar-refractivity contribution in [1.82, 2.24) is 15.2 Å². The maximum Gasteiger partial charge on any atom is 0.252 e. The van der Waals surface area contributed by atoms with E-state index in [2.05, 4.69) is 15.2 Å². The number of carbonyl (C=O) groups is 2. The van der Waals surface area contributed by atoms with E-state index in [1.807, 2.05) is 48.2 Å². The topological polar surface area (TPSA) is 74.8 Å². The molecule has 164 valence electrons. The van der Waals surface area contributed by atoms with Crippen LogP contribution in [-0.2, 0) is 16.0 Å². The van der Waals surface area contributed by atoms with Gasteiger partial charge in [0.15, 0.2) is 0 Å². The second-order valence-corrected chi connectivity index (χ2v) is 8.22. The van der Waals surface area contributed by atoms with E-state index in [0.29, 0.717) is 31.6 Å². The number of pyridine rings is 1. The minimum Gasteiger partial charge on any atom is -0.376 e. The Morgan fingerprint density at radius 1 is 1.13 bits per heavy atom. The Balaban J connectivity index is 1.26. The van der Waals surface area contributed by atoms with Crippen LogP contribution in [0, 0.1) is 6.92 Å². The molecule has 2 aliphatic rings. The third kappa shape index (κ3) is 5.41. The minimum absolute atomic E-state index is 0.124. The van der Waals surface area contributed by atoms with Crippen molar-refractivity contribution in [3.63, 3.8) is 0 Å². The third-order valence-electron chi connectivity index (χ3n) is 6.08. The molecule has 1 atom stereocenters. The highest BCUT2D eigenvalue weighted by atomic mass is 16.5. The van der Waals surface area contributed by atoms with Crippen LogP contribution in [0.25, 0.3) is 0 Å². The van der Waals surface area contributed by atoms with E-state index in [-0.39, 0.29) is 17.9 Å². The first kappa shape index (κ1) is 21.3. The van der Waals surface area contributed by atoms with E-state index >= 15 is 0 Å². The van der Waals surface area contributed by atoms with Crippen LogP contribution in [0.1, 0.15) is 34.3 Å². The highest BCUT2D eigenvalue weighted by molar-refractivity contribution is 5.94. The molecule has 2 saturated heterocycles. The molecular formula is C24H30N4O3. The molecule has 0 radical (unpaired) electrons. The van der Waals surface area contributed by atoms with Crippen molar-refractivity contribution in [2.45, 2.75) is 32.3 Å². The van der Waals surface area contributed by atoms with E-state index in [4.69, 9.17) is 4.74 Å². The first-order valence-corrected chi connectivity index (χ1v) is 11.0. The van der Waals surface area contributed by atoms with Gasteiger partial charge in [0.25, 0.3) is 5.91 Å². The highest BCUT2D eigenvalue weighted by Gasteiger charge is 2.23. The maximum atomic E-state index is 12.7. The molecule has 7 nitrogen and oxygen atoms in total. The molecule has 1 unspecified atom stereocenters. The summed E-state index contributed by atoms with van der Waals surface area (Å²) < 4.78 is 5.54. The summed E-state index contributed by atoms with van der Waals surface area (Å²) in [4.78, 5) is 33.6. The van der Waals surface area contributed by atoms with Gasteiger partial charge in [0.2, 0.25) is 5.91 Å². The van der Waals surface area contributed by atoms with Crippen LogP contribution in [0.3, 0.4) is 0 Å². The Bertz CT molecular complexity index is 901. The number of nitrogens with one attached hydrogen (secondary N) is 1. The standard InChI is InChI=1S/C24H30N4O3/c1-18-5-2-3-6-19(18)15-23(29)28-12-10-27(11-13-28)22-9-8-20(16-25-22)24(30)26-17-21-7-4-14-31-21/h2-3,5-6,8-9,16,21H,4,7,10-15,17H2,1H3,(H,26,30). The number of nitrogens with zero attached hydrogens (tertiary/aromatic N) is 3. The number of hydrogen-bond acceptors (Lipinski definition) is 5. The lowest BCUT2D eigenvalue weighted by Crippen LogP contribution is -2.49. The van der Waals surface area contributed by atoms with Crippen LogP contribution in [0.5, 0.6) is 0 Å². The molecule has 2 aromatic rings. The number of ether oxygens (including phenoxy) is 1. The average molecular weight is 423 g/mol. The third-order valence-corrected chi connectivity index (χ3v) is 6.08. The predicted octanol–water partition coefficient (Wildman–Crippen LogP) is 2.19. The van der Waals surface area contributed by atoms with Gasteiger partial charge in [-0.1, -0.05) is 24.3 Å².